The lowest BCUT2D eigenvalue weighted by Crippen LogP contribution is -2.57. The summed E-state index contributed by atoms with van der Waals surface area (Å²) in [4.78, 5) is 14.6. The van der Waals surface area contributed by atoms with E-state index >= 15 is 0 Å². The summed E-state index contributed by atoms with van der Waals surface area (Å²) < 4.78 is 0. The highest BCUT2D eigenvalue weighted by Crippen LogP contribution is 2.34. The van der Waals surface area contributed by atoms with E-state index < -0.39 is 0 Å². The Balaban J connectivity index is 2.06. The van der Waals surface area contributed by atoms with Crippen molar-refractivity contribution in [2.45, 2.75) is 58.5 Å². The third-order valence-electron chi connectivity index (χ3n) is 3.99. The van der Waals surface area contributed by atoms with Crippen molar-refractivity contribution in [3.63, 3.8) is 0 Å². The number of rotatable bonds is 3. The minimum atomic E-state index is 0.0294. The molecule has 0 aromatic heterocycles. The van der Waals surface area contributed by atoms with Crippen LogP contribution in [-0.4, -0.2) is 36.0 Å². The average molecular weight is 224 g/mol. The molecule has 0 spiro atoms. The van der Waals surface area contributed by atoms with Crippen LogP contribution < -0.4 is 5.32 Å². The summed E-state index contributed by atoms with van der Waals surface area (Å²) in [6.07, 6.45) is 4.74. The van der Waals surface area contributed by atoms with Crippen molar-refractivity contribution in [2.24, 2.45) is 5.41 Å². The van der Waals surface area contributed by atoms with Gasteiger partial charge in [0.25, 0.3) is 0 Å². The molecule has 0 radical (unpaired) electrons. The highest BCUT2D eigenvalue weighted by atomic mass is 16.2. The SMILES string of the molecule is CCN(C(=O)C1NCCCC1(C)C)C1CC1. The van der Waals surface area contributed by atoms with Crippen molar-refractivity contribution in [3.8, 4) is 0 Å². The first-order valence-corrected chi connectivity index (χ1v) is 6.60. The standard InChI is InChI=1S/C13H24N2O/c1-4-15(10-6-7-10)12(16)11-13(2,3)8-5-9-14-11/h10-11,14H,4-9H2,1-3H3. The summed E-state index contributed by atoms with van der Waals surface area (Å²) in [6, 6.07) is 0.568. The highest BCUT2D eigenvalue weighted by molar-refractivity contribution is 5.83. The number of nitrogens with one attached hydrogen (secondary N) is 1. The molecule has 92 valence electrons. The minimum absolute atomic E-state index is 0.0294. The molecule has 1 aliphatic heterocycles. The maximum absolute atomic E-state index is 12.5. The quantitative estimate of drug-likeness (QED) is 0.792. The van der Waals surface area contributed by atoms with E-state index in [1.54, 1.807) is 0 Å². The number of likely N-dealkylation sites (N-methyl/N-ethyl adjacent to an activating group) is 1. The summed E-state index contributed by atoms with van der Waals surface area (Å²) in [6.45, 7) is 8.36. The van der Waals surface area contributed by atoms with E-state index in [2.05, 4.69) is 31.0 Å². The summed E-state index contributed by atoms with van der Waals surface area (Å²) in [5.41, 5.74) is 0.109. The molecule has 3 nitrogen and oxygen atoms in total. The molecule has 1 heterocycles. The van der Waals surface area contributed by atoms with Gasteiger partial charge in [0.1, 0.15) is 0 Å². The van der Waals surface area contributed by atoms with Crippen molar-refractivity contribution in [1.29, 1.82) is 0 Å². The lowest BCUT2D eigenvalue weighted by atomic mass is 9.77. The number of hydrogen-bond acceptors (Lipinski definition) is 2. The van der Waals surface area contributed by atoms with Crippen LogP contribution in [0.5, 0.6) is 0 Å². The van der Waals surface area contributed by atoms with Crippen LogP contribution in [0.25, 0.3) is 0 Å². The smallest absolute Gasteiger partial charge is 0.240 e. The monoisotopic (exact) mass is 224 g/mol. The molecule has 16 heavy (non-hydrogen) atoms. The Bertz CT molecular complexity index is 271. The molecule has 1 unspecified atom stereocenters. The number of hydrogen-bond donors (Lipinski definition) is 1. The fourth-order valence-electron chi connectivity index (χ4n) is 2.78. The van der Waals surface area contributed by atoms with E-state index in [1.165, 1.54) is 19.3 Å². The summed E-state index contributed by atoms with van der Waals surface area (Å²) in [5, 5.41) is 3.42. The molecule has 1 aliphatic carbocycles. The van der Waals surface area contributed by atoms with Gasteiger partial charge in [0, 0.05) is 12.6 Å². The number of piperidine rings is 1. The average Bonchev–Trinajstić information content (AvgIpc) is 3.02. The zero-order chi connectivity index (χ0) is 11.8. The molecule has 1 saturated carbocycles. The number of amides is 1. The lowest BCUT2D eigenvalue weighted by Gasteiger charge is -2.40. The molecule has 0 aromatic rings. The van der Waals surface area contributed by atoms with E-state index in [9.17, 15) is 4.79 Å². The Morgan fingerprint density at radius 3 is 2.62 bits per heavy atom. The number of nitrogens with zero attached hydrogens (tertiary/aromatic N) is 1. The van der Waals surface area contributed by atoms with E-state index in [0.29, 0.717) is 11.9 Å². The predicted octanol–water partition coefficient (Wildman–Crippen LogP) is 1.78. The summed E-state index contributed by atoms with van der Waals surface area (Å²) in [7, 11) is 0. The van der Waals surface area contributed by atoms with Crippen molar-refractivity contribution in [1.82, 2.24) is 10.2 Å². The van der Waals surface area contributed by atoms with Gasteiger partial charge in [-0.25, -0.2) is 0 Å². The molecule has 2 aliphatic rings. The second-order valence-electron chi connectivity index (χ2n) is 5.83. The van der Waals surface area contributed by atoms with Crippen LogP contribution in [0, 0.1) is 5.41 Å². The molecule has 1 atom stereocenters. The topological polar surface area (TPSA) is 32.3 Å². The van der Waals surface area contributed by atoms with Gasteiger partial charge in [-0.15, -0.1) is 0 Å². The van der Waals surface area contributed by atoms with Gasteiger partial charge in [-0.05, 0) is 44.6 Å². The van der Waals surface area contributed by atoms with Gasteiger partial charge in [0.05, 0.1) is 6.04 Å². The first-order chi connectivity index (χ1) is 7.56. The third-order valence-corrected chi connectivity index (χ3v) is 3.99. The zero-order valence-corrected chi connectivity index (χ0v) is 10.8. The van der Waals surface area contributed by atoms with Crippen molar-refractivity contribution in [2.75, 3.05) is 13.1 Å². The molecular formula is C13H24N2O. The van der Waals surface area contributed by atoms with Crippen LogP contribution in [-0.2, 0) is 4.79 Å². The summed E-state index contributed by atoms with van der Waals surface area (Å²) in [5.74, 6) is 0.328. The molecule has 0 aromatic carbocycles. The second kappa shape index (κ2) is 4.36. The first kappa shape index (κ1) is 11.9. The maximum Gasteiger partial charge on any atom is 0.240 e. The molecule has 3 heteroatoms. The van der Waals surface area contributed by atoms with E-state index in [1.807, 2.05) is 0 Å². The van der Waals surface area contributed by atoms with Crippen molar-refractivity contribution in [3.05, 3.63) is 0 Å². The van der Waals surface area contributed by atoms with Crippen LogP contribution in [0.15, 0.2) is 0 Å². The first-order valence-electron chi connectivity index (χ1n) is 6.60. The van der Waals surface area contributed by atoms with Gasteiger partial charge in [-0.2, -0.15) is 0 Å². The Morgan fingerprint density at radius 2 is 2.12 bits per heavy atom. The van der Waals surface area contributed by atoms with Crippen molar-refractivity contribution < 1.29 is 4.79 Å². The van der Waals surface area contributed by atoms with Crippen LogP contribution in [0.3, 0.4) is 0 Å². The normalized spacial score (nSPS) is 28.8. The van der Waals surface area contributed by atoms with Gasteiger partial charge >= 0.3 is 0 Å². The van der Waals surface area contributed by atoms with Gasteiger partial charge in [-0.3, -0.25) is 4.79 Å². The van der Waals surface area contributed by atoms with Crippen LogP contribution in [0.1, 0.15) is 46.5 Å². The predicted molar refractivity (Wildman–Crippen MR) is 65.2 cm³/mol. The highest BCUT2D eigenvalue weighted by Gasteiger charge is 2.42. The zero-order valence-electron chi connectivity index (χ0n) is 10.8. The van der Waals surface area contributed by atoms with E-state index in [-0.39, 0.29) is 11.5 Å². The van der Waals surface area contributed by atoms with Crippen molar-refractivity contribution >= 4 is 5.91 Å². The Hall–Kier alpha value is -0.570. The fourth-order valence-corrected chi connectivity index (χ4v) is 2.78. The molecule has 1 amide bonds. The molecule has 2 rings (SSSR count). The fraction of sp³-hybridized carbons (Fsp3) is 0.923. The molecule has 2 fully saturated rings. The summed E-state index contributed by atoms with van der Waals surface area (Å²) >= 11 is 0. The van der Waals surface area contributed by atoms with Crippen LogP contribution in [0.2, 0.25) is 0 Å². The third kappa shape index (κ3) is 2.24. The van der Waals surface area contributed by atoms with E-state index in [4.69, 9.17) is 0 Å². The van der Waals surface area contributed by atoms with Crippen LogP contribution >= 0.6 is 0 Å². The Labute approximate surface area is 98.6 Å². The Morgan fingerprint density at radius 1 is 1.44 bits per heavy atom. The minimum Gasteiger partial charge on any atom is -0.339 e. The van der Waals surface area contributed by atoms with Crippen LogP contribution in [0.4, 0.5) is 0 Å². The van der Waals surface area contributed by atoms with Gasteiger partial charge in [-0.1, -0.05) is 13.8 Å². The molecule has 0 bridgehead atoms. The Kier molecular flexibility index (Phi) is 3.24. The second-order valence-corrected chi connectivity index (χ2v) is 5.83. The largest absolute Gasteiger partial charge is 0.339 e. The number of carbonyl (C=O) groups excluding carboxylic acids is 1. The maximum atomic E-state index is 12.5. The van der Waals surface area contributed by atoms with Gasteiger partial charge in [0.15, 0.2) is 0 Å². The lowest BCUT2D eigenvalue weighted by molar-refractivity contribution is -0.137. The molecule has 1 N–H and O–H groups in total. The van der Waals surface area contributed by atoms with Gasteiger partial charge in [0.2, 0.25) is 5.91 Å². The van der Waals surface area contributed by atoms with Gasteiger partial charge < -0.3 is 10.2 Å². The number of carbonyl (C=O) groups is 1. The molecular weight excluding hydrogens is 200 g/mol. The molecule has 1 saturated heterocycles. The van der Waals surface area contributed by atoms with E-state index in [0.717, 1.165) is 19.5 Å².